The van der Waals surface area contributed by atoms with Crippen LogP contribution in [-0.2, 0) is 34.6 Å². The third kappa shape index (κ3) is 5.81. The first kappa shape index (κ1) is 22.7. The van der Waals surface area contributed by atoms with Gasteiger partial charge in [0.25, 0.3) is 5.69 Å². The highest BCUT2D eigenvalue weighted by Gasteiger charge is 2.16. The first-order valence-electron chi connectivity index (χ1n) is 8.94. The molecule has 0 aliphatic heterocycles. The summed E-state index contributed by atoms with van der Waals surface area (Å²) in [4.78, 5) is 10.3. The SMILES string of the molecule is CCn1c(C[S@](=O)Cc2ccc(Cl)cc2Cl)nnc1SCc1ccc([N+](=O)[O-])cc1. The molecular formula is C19H18Cl2N4O3S2. The summed E-state index contributed by atoms with van der Waals surface area (Å²) < 4.78 is 14.6. The predicted octanol–water partition coefficient (Wildman–Crippen LogP) is 5.25. The highest BCUT2D eigenvalue weighted by Crippen LogP contribution is 2.25. The van der Waals surface area contributed by atoms with E-state index in [1.165, 1.54) is 23.9 Å². The molecule has 1 atom stereocenters. The smallest absolute Gasteiger partial charge is 0.269 e. The van der Waals surface area contributed by atoms with E-state index in [2.05, 4.69) is 10.2 Å². The van der Waals surface area contributed by atoms with Crippen LogP contribution in [0.25, 0.3) is 0 Å². The zero-order valence-corrected chi connectivity index (χ0v) is 19.1. The summed E-state index contributed by atoms with van der Waals surface area (Å²) in [6.07, 6.45) is 0. The molecule has 7 nitrogen and oxygen atoms in total. The topological polar surface area (TPSA) is 90.9 Å². The van der Waals surface area contributed by atoms with Gasteiger partial charge in [0.05, 0.1) is 16.4 Å². The summed E-state index contributed by atoms with van der Waals surface area (Å²) in [7, 11) is -1.21. The normalized spacial score (nSPS) is 12.1. The molecule has 0 fully saturated rings. The zero-order valence-electron chi connectivity index (χ0n) is 16.0. The van der Waals surface area contributed by atoms with E-state index >= 15 is 0 Å². The van der Waals surface area contributed by atoms with Gasteiger partial charge in [-0.25, -0.2) is 0 Å². The van der Waals surface area contributed by atoms with E-state index < -0.39 is 15.7 Å². The van der Waals surface area contributed by atoms with E-state index in [0.29, 0.717) is 39.1 Å². The van der Waals surface area contributed by atoms with Gasteiger partial charge in [-0.15, -0.1) is 10.2 Å². The molecule has 0 unspecified atom stereocenters. The monoisotopic (exact) mass is 484 g/mol. The molecule has 3 rings (SSSR count). The lowest BCUT2D eigenvalue weighted by molar-refractivity contribution is -0.384. The Balaban J connectivity index is 1.64. The lowest BCUT2D eigenvalue weighted by Crippen LogP contribution is -2.08. The molecule has 0 spiro atoms. The number of benzene rings is 2. The molecule has 11 heteroatoms. The van der Waals surface area contributed by atoms with Crippen LogP contribution in [0.5, 0.6) is 0 Å². The van der Waals surface area contributed by atoms with Gasteiger partial charge in [-0.1, -0.05) is 53.2 Å². The summed E-state index contributed by atoms with van der Waals surface area (Å²) in [5.74, 6) is 1.81. The minimum atomic E-state index is -1.21. The Morgan fingerprint density at radius 1 is 1.13 bits per heavy atom. The van der Waals surface area contributed by atoms with Gasteiger partial charge in [0, 0.05) is 45.3 Å². The van der Waals surface area contributed by atoms with Gasteiger partial charge in [0.2, 0.25) is 0 Å². The maximum atomic E-state index is 12.6. The van der Waals surface area contributed by atoms with Crippen molar-refractivity contribution in [3.63, 3.8) is 0 Å². The fraction of sp³-hybridized carbons (Fsp3) is 0.263. The average molecular weight is 485 g/mol. The van der Waals surface area contributed by atoms with Crippen molar-refractivity contribution in [3.05, 3.63) is 79.6 Å². The number of halogens is 2. The van der Waals surface area contributed by atoms with Gasteiger partial charge < -0.3 is 4.57 Å². The van der Waals surface area contributed by atoms with Gasteiger partial charge in [-0.3, -0.25) is 14.3 Å². The molecule has 30 heavy (non-hydrogen) atoms. The van der Waals surface area contributed by atoms with E-state index in [9.17, 15) is 14.3 Å². The third-order valence-electron chi connectivity index (χ3n) is 4.25. The molecule has 0 aliphatic rings. The van der Waals surface area contributed by atoms with Gasteiger partial charge in [0.1, 0.15) is 5.82 Å². The first-order valence-corrected chi connectivity index (χ1v) is 12.2. The number of aromatic nitrogens is 3. The van der Waals surface area contributed by atoms with Crippen LogP contribution >= 0.6 is 35.0 Å². The highest BCUT2D eigenvalue weighted by molar-refractivity contribution is 7.98. The number of hydrogen-bond acceptors (Lipinski definition) is 6. The molecule has 0 amide bonds. The van der Waals surface area contributed by atoms with Crippen LogP contribution in [0.2, 0.25) is 10.0 Å². The fourth-order valence-corrected chi connectivity index (χ4v) is 5.45. The van der Waals surface area contributed by atoms with Crippen LogP contribution in [-0.4, -0.2) is 23.9 Å². The Bertz CT molecular complexity index is 1070. The lowest BCUT2D eigenvalue weighted by Gasteiger charge is -2.08. The molecule has 2 aromatic carbocycles. The maximum Gasteiger partial charge on any atom is 0.269 e. The van der Waals surface area contributed by atoms with Crippen LogP contribution < -0.4 is 0 Å². The number of non-ortho nitro benzene ring substituents is 1. The standard InChI is InChI=1S/C19H18Cl2N4O3S2/c1-2-24-18(12-30(28)11-14-5-6-15(20)9-17(14)21)22-23-19(24)29-10-13-3-7-16(8-4-13)25(26)27/h3-9H,2,10-12H2,1H3/t30-/m1/s1. The molecule has 1 aromatic heterocycles. The van der Waals surface area contributed by atoms with Crippen molar-refractivity contribution in [2.75, 3.05) is 0 Å². The number of nitro groups is 1. The Morgan fingerprint density at radius 2 is 1.87 bits per heavy atom. The largest absolute Gasteiger partial charge is 0.306 e. The molecule has 0 bridgehead atoms. The van der Waals surface area contributed by atoms with Crippen molar-refractivity contribution >= 4 is 51.5 Å². The van der Waals surface area contributed by atoms with Crippen LogP contribution in [0.15, 0.2) is 47.6 Å². The Hall–Kier alpha value is -1.94. The average Bonchev–Trinajstić information content (AvgIpc) is 3.10. The Kier molecular flexibility index (Phi) is 7.87. The van der Waals surface area contributed by atoms with Gasteiger partial charge in [0.15, 0.2) is 5.16 Å². The molecule has 0 N–H and O–H groups in total. The third-order valence-corrected chi connectivity index (χ3v) is 7.08. The Morgan fingerprint density at radius 3 is 2.50 bits per heavy atom. The predicted molar refractivity (Wildman–Crippen MR) is 120 cm³/mol. The summed E-state index contributed by atoms with van der Waals surface area (Å²) in [6.45, 7) is 2.62. The summed E-state index contributed by atoms with van der Waals surface area (Å²) in [5.41, 5.74) is 1.78. The lowest BCUT2D eigenvalue weighted by atomic mass is 10.2. The molecule has 0 saturated heterocycles. The van der Waals surface area contributed by atoms with Crippen molar-refractivity contribution < 1.29 is 9.13 Å². The summed E-state index contributed by atoms with van der Waals surface area (Å²) >= 11 is 13.6. The van der Waals surface area contributed by atoms with E-state index in [-0.39, 0.29) is 11.4 Å². The number of thioether (sulfide) groups is 1. The fourth-order valence-electron chi connectivity index (χ4n) is 2.72. The van der Waals surface area contributed by atoms with Crippen LogP contribution in [0, 0.1) is 10.1 Å². The number of nitro benzene ring substituents is 1. The first-order chi connectivity index (χ1) is 14.4. The number of rotatable bonds is 9. The second-order valence-electron chi connectivity index (χ2n) is 6.32. The molecule has 1 heterocycles. The van der Waals surface area contributed by atoms with Gasteiger partial charge in [-0.05, 0) is 30.2 Å². The van der Waals surface area contributed by atoms with Crippen LogP contribution in [0.4, 0.5) is 5.69 Å². The Labute approximate surface area is 190 Å². The van der Waals surface area contributed by atoms with E-state index in [4.69, 9.17) is 23.2 Å². The van der Waals surface area contributed by atoms with Crippen molar-refractivity contribution in [3.8, 4) is 0 Å². The molecule has 0 aliphatic carbocycles. The van der Waals surface area contributed by atoms with Gasteiger partial charge in [-0.2, -0.15) is 0 Å². The molecule has 0 radical (unpaired) electrons. The van der Waals surface area contributed by atoms with Crippen LogP contribution in [0.3, 0.4) is 0 Å². The van der Waals surface area contributed by atoms with Crippen molar-refractivity contribution in [2.24, 2.45) is 0 Å². The summed E-state index contributed by atoms with van der Waals surface area (Å²) in [6, 6.07) is 11.6. The van der Waals surface area contributed by atoms with Crippen LogP contribution in [0.1, 0.15) is 23.9 Å². The second kappa shape index (κ2) is 10.4. The quantitative estimate of drug-likeness (QED) is 0.234. The molecule has 0 saturated carbocycles. The number of nitrogens with zero attached hydrogens (tertiary/aromatic N) is 4. The minimum absolute atomic E-state index is 0.0611. The molecule has 158 valence electrons. The van der Waals surface area contributed by atoms with Crippen molar-refractivity contribution in [1.29, 1.82) is 0 Å². The maximum absolute atomic E-state index is 12.6. The number of hydrogen-bond donors (Lipinski definition) is 0. The highest BCUT2D eigenvalue weighted by atomic mass is 35.5. The zero-order chi connectivity index (χ0) is 21.7. The second-order valence-corrected chi connectivity index (χ2v) is 9.56. The molecular weight excluding hydrogens is 467 g/mol. The van der Waals surface area contributed by atoms with Gasteiger partial charge >= 0.3 is 0 Å². The van der Waals surface area contributed by atoms with Crippen molar-refractivity contribution in [2.45, 2.75) is 35.9 Å². The molecule has 3 aromatic rings. The van der Waals surface area contributed by atoms with E-state index in [1.54, 1.807) is 30.3 Å². The minimum Gasteiger partial charge on any atom is -0.306 e. The van der Waals surface area contributed by atoms with Crippen molar-refractivity contribution in [1.82, 2.24) is 14.8 Å². The van der Waals surface area contributed by atoms with E-state index in [0.717, 1.165) is 11.1 Å². The summed E-state index contributed by atoms with van der Waals surface area (Å²) in [5, 5.41) is 20.9. The van der Waals surface area contributed by atoms with E-state index in [1.807, 2.05) is 11.5 Å².